The molecule has 0 bridgehead atoms. The molecule has 1 amide bonds. The van der Waals surface area contributed by atoms with Gasteiger partial charge in [-0.2, -0.15) is 0 Å². The van der Waals surface area contributed by atoms with Crippen LogP contribution in [0.5, 0.6) is 5.88 Å². The second kappa shape index (κ2) is 8.17. The van der Waals surface area contributed by atoms with Crippen molar-refractivity contribution in [3.05, 3.63) is 12.4 Å². The Kier molecular flexibility index (Phi) is 6.23. The van der Waals surface area contributed by atoms with Gasteiger partial charge in [0, 0.05) is 19.7 Å². The van der Waals surface area contributed by atoms with Crippen molar-refractivity contribution in [2.75, 3.05) is 18.9 Å². The summed E-state index contributed by atoms with van der Waals surface area (Å²) in [5.41, 5.74) is -0.459. The van der Waals surface area contributed by atoms with Crippen molar-refractivity contribution in [1.29, 1.82) is 0 Å². The number of nitrogens with zero attached hydrogens (tertiary/aromatic N) is 2. The molecule has 1 aromatic heterocycles. The molecule has 2 rings (SSSR count). The smallest absolute Gasteiger partial charge is 0.407 e. The molecule has 0 radical (unpaired) electrons. The Morgan fingerprint density at radius 1 is 1.25 bits per heavy atom. The normalized spacial score (nSPS) is 21.0. The van der Waals surface area contributed by atoms with Crippen LogP contribution < -0.4 is 15.4 Å². The Balaban J connectivity index is 1.70. The number of aromatic nitrogens is 2. The first-order chi connectivity index (χ1) is 11.4. The second-order valence-corrected chi connectivity index (χ2v) is 7.13. The van der Waals surface area contributed by atoms with Gasteiger partial charge in [0.05, 0.1) is 0 Å². The van der Waals surface area contributed by atoms with E-state index in [4.69, 9.17) is 9.47 Å². The predicted molar refractivity (Wildman–Crippen MR) is 92.2 cm³/mol. The zero-order chi connectivity index (χ0) is 17.6. The number of hydrogen-bond donors (Lipinski definition) is 2. The molecule has 24 heavy (non-hydrogen) atoms. The first-order valence-electron chi connectivity index (χ1n) is 8.49. The average Bonchev–Trinajstić information content (AvgIpc) is 2.53. The molecule has 0 unspecified atom stereocenters. The Bertz CT molecular complexity index is 537. The molecule has 1 aliphatic rings. The zero-order valence-electron chi connectivity index (χ0n) is 15.0. The van der Waals surface area contributed by atoms with Crippen LogP contribution in [0.3, 0.4) is 0 Å². The molecule has 1 fully saturated rings. The van der Waals surface area contributed by atoms with Crippen LogP contribution in [-0.4, -0.2) is 41.4 Å². The molecule has 1 aliphatic carbocycles. The molecule has 1 aromatic rings. The van der Waals surface area contributed by atoms with Crippen LogP contribution in [0.25, 0.3) is 0 Å². The maximum absolute atomic E-state index is 11.7. The topological polar surface area (TPSA) is 85.4 Å². The quantitative estimate of drug-likeness (QED) is 0.860. The Hall–Kier alpha value is -2.05. The summed E-state index contributed by atoms with van der Waals surface area (Å²) >= 11 is 0. The highest BCUT2D eigenvalue weighted by atomic mass is 16.6. The van der Waals surface area contributed by atoms with Crippen LogP contribution in [0.15, 0.2) is 12.4 Å². The lowest BCUT2D eigenvalue weighted by molar-refractivity contribution is 0.0507. The Morgan fingerprint density at radius 2 is 1.96 bits per heavy atom. The van der Waals surface area contributed by atoms with E-state index in [-0.39, 0.29) is 12.2 Å². The van der Waals surface area contributed by atoms with E-state index in [2.05, 4.69) is 20.6 Å². The van der Waals surface area contributed by atoms with Gasteiger partial charge in [-0.25, -0.2) is 14.8 Å². The molecule has 0 atom stereocenters. The van der Waals surface area contributed by atoms with E-state index in [0.29, 0.717) is 18.3 Å². The van der Waals surface area contributed by atoms with Crippen LogP contribution in [0, 0.1) is 5.92 Å². The van der Waals surface area contributed by atoms with E-state index in [1.165, 1.54) is 6.33 Å². The van der Waals surface area contributed by atoms with Gasteiger partial charge in [-0.3, -0.25) is 0 Å². The molecule has 7 heteroatoms. The summed E-state index contributed by atoms with van der Waals surface area (Å²) in [5, 5.41) is 5.83. The van der Waals surface area contributed by atoms with Gasteiger partial charge in [-0.05, 0) is 52.4 Å². The maximum Gasteiger partial charge on any atom is 0.407 e. The SMILES string of the molecule is CNc1cc(OC2CCC(CNC(=O)OC(C)(C)C)CC2)ncn1. The van der Waals surface area contributed by atoms with E-state index in [0.717, 1.165) is 31.5 Å². The van der Waals surface area contributed by atoms with E-state index < -0.39 is 5.60 Å². The lowest BCUT2D eigenvalue weighted by Crippen LogP contribution is -2.37. The standard InChI is InChI=1S/C17H28N4O3/c1-17(2,3)24-16(22)19-10-12-5-7-13(8-6-12)23-15-9-14(18-4)20-11-21-15/h9,11-13H,5-8,10H2,1-4H3,(H,19,22)(H,18,20,21). The highest BCUT2D eigenvalue weighted by molar-refractivity contribution is 5.67. The summed E-state index contributed by atoms with van der Waals surface area (Å²) in [5.74, 6) is 1.82. The molecular weight excluding hydrogens is 308 g/mol. The van der Waals surface area contributed by atoms with Gasteiger partial charge in [-0.15, -0.1) is 0 Å². The van der Waals surface area contributed by atoms with Crippen LogP contribution in [-0.2, 0) is 4.74 Å². The molecule has 0 aromatic carbocycles. The van der Waals surface area contributed by atoms with Crippen molar-refractivity contribution in [3.63, 3.8) is 0 Å². The van der Waals surface area contributed by atoms with E-state index in [1.54, 1.807) is 6.07 Å². The molecule has 1 saturated carbocycles. The average molecular weight is 336 g/mol. The highest BCUT2D eigenvalue weighted by Gasteiger charge is 2.24. The molecule has 0 aliphatic heterocycles. The van der Waals surface area contributed by atoms with E-state index >= 15 is 0 Å². The minimum Gasteiger partial charge on any atom is -0.474 e. The summed E-state index contributed by atoms with van der Waals surface area (Å²) in [6.45, 7) is 6.24. The monoisotopic (exact) mass is 336 g/mol. The number of rotatable bonds is 5. The Morgan fingerprint density at radius 3 is 2.58 bits per heavy atom. The maximum atomic E-state index is 11.7. The summed E-state index contributed by atoms with van der Waals surface area (Å²) in [7, 11) is 1.81. The van der Waals surface area contributed by atoms with Crippen molar-refractivity contribution in [2.24, 2.45) is 5.92 Å². The van der Waals surface area contributed by atoms with Gasteiger partial charge in [-0.1, -0.05) is 0 Å². The zero-order valence-corrected chi connectivity index (χ0v) is 15.0. The minimum atomic E-state index is -0.459. The number of ether oxygens (including phenoxy) is 2. The fourth-order valence-corrected chi connectivity index (χ4v) is 2.71. The fourth-order valence-electron chi connectivity index (χ4n) is 2.71. The van der Waals surface area contributed by atoms with Crippen LogP contribution >= 0.6 is 0 Å². The number of anilines is 1. The van der Waals surface area contributed by atoms with Gasteiger partial charge >= 0.3 is 6.09 Å². The summed E-state index contributed by atoms with van der Waals surface area (Å²) in [6.07, 6.45) is 5.27. The first kappa shape index (κ1) is 18.3. The van der Waals surface area contributed by atoms with Crippen molar-refractivity contribution in [1.82, 2.24) is 15.3 Å². The highest BCUT2D eigenvalue weighted by Crippen LogP contribution is 2.27. The lowest BCUT2D eigenvalue weighted by Gasteiger charge is -2.29. The van der Waals surface area contributed by atoms with Crippen molar-refractivity contribution in [3.8, 4) is 5.88 Å². The van der Waals surface area contributed by atoms with E-state index in [1.807, 2.05) is 27.8 Å². The van der Waals surface area contributed by atoms with Gasteiger partial charge in [0.15, 0.2) is 0 Å². The largest absolute Gasteiger partial charge is 0.474 e. The van der Waals surface area contributed by atoms with E-state index in [9.17, 15) is 4.79 Å². The van der Waals surface area contributed by atoms with Crippen molar-refractivity contribution < 1.29 is 14.3 Å². The third-order valence-electron chi connectivity index (χ3n) is 3.91. The molecule has 0 spiro atoms. The second-order valence-electron chi connectivity index (χ2n) is 7.13. The summed E-state index contributed by atoms with van der Waals surface area (Å²) in [6, 6.07) is 1.80. The van der Waals surface area contributed by atoms with Crippen LogP contribution in [0.2, 0.25) is 0 Å². The molecule has 7 nitrogen and oxygen atoms in total. The third kappa shape index (κ3) is 6.22. The molecule has 2 N–H and O–H groups in total. The summed E-state index contributed by atoms with van der Waals surface area (Å²) in [4.78, 5) is 19.9. The number of amides is 1. The molecular formula is C17H28N4O3. The lowest BCUT2D eigenvalue weighted by atomic mass is 9.87. The summed E-state index contributed by atoms with van der Waals surface area (Å²) < 4.78 is 11.2. The van der Waals surface area contributed by atoms with Gasteiger partial charge < -0.3 is 20.1 Å². The van der Waals surface area contributed by atoms with Gasteiger partial charge in [0.25, 0.3) is 0 Å². The Labute approximate surface area is 143 Å². The first-order valence-corrected chi connectivity index (χ1v) is 8.49. The fraction of sp³-hybridized carbons (Fsp3) is 0.706. The predicted octanol–water partition coefficient (Wildman–Crippen LogP) is 2.98. The van der Waals surface area contributed by atoms with Gasteiger partial charge in [0.1, 0.15) is 23.9 Å². The van der Waals surface area contributed by atoms with Crippen molar-refractivity contribution in [2.45, 2.75) is 58.2 Å². The number of alkyl carbamates (subject to hydrolysis) is 1. The van der Waals surface area contributed by atoms with Gasteiger partial charge in [0.2, 0.25) is 5.88 Å². The number of hydrogen-bond acceptors (Lipinski definition) is 6. The number of carbonyl (C=O) groups is 1. The minimum absolute atomic E-state index is 0.169. The number of nitrogens with one attached hydrogen (secondary N) is 2. The third-order valence-corrected chi connectivity index (χ3v) is 3.91. The van der Waals surface area contributed by atoms with Crippen molar-refractivity contribution >= 4 is 11.9 Å². The molecule has 134 valence electrons. The van der Waals surface area contributed by atoms with Crippen LogP contribution in [0.4, 0.5) is 10.6 Å². The van der Waals surface area contributed by atoms with Crippen LogP contribution in [0.1, 0.15) is 46.5 Å². The number of carbonyl (C=O) groups excluding carboxylic acids is 1. The molecule has 1 heterocycles. The molecule has 0 saturated heterocycles.